The molecule has 94 valence electrons. The molecule has 0 spiro atoms. The molecule has 0 N–H and O–H groups in total. The van der Waals surface area contributed by atoms with Crippen LogP contribution in [0, 0.1) is 13.8 Å². The highest BCUT2D eigenvalue weighted by Gasteiger charge is 2.15. The zero-order valence-electron chi connectivity index (χ0n) is 10.8. The average Bonchev–Trinajstić information content (AvgIpc) is 2.35. The molecule has 0 amide bonds. The molecular weight excluding hydrogens is 232 g/mol. The van der Waals surface area contributed by atoms with Crippen LogP contribution in [0.1, 0.15) is 28.6 Å². The second-order valence-electron chi connectivity index (χ2n) is 4.22. The lowest BCUT2D eigenvalue weighted by atomic mass is 10.1. The third-order valence-corrected chi connectivity index (χ3v) is 3.05. The molecule has 1 aromatic carbocycles. The molecule has 0 atom stereocenters. The van der Waals surface area contributed by atoms with Gasteiger partial charge in [0, 0.05) is 11.1 Å². The van der Waals surface area contributed by atoms with E-state index < -0.39 is 0 Å². The minimum Gasteiger partial charge on any atom is -0.493 e. The number of Topliss-reactive ketones (excluding diaryl/α,β-unsaturated/α-hetero) is 1. The minimum absolute atomic E-state index is 0.118. The summed E-state index contributed by atoms with van der Waals surface area (Å²) in [5.74, 6) is 0.840. The van der Waals surface area contributed by atoms with Crippen LogP contribution < -0.4 is 10.2 Å². The van der Waals surface area contributed by atoms with Crippen molar-refractivity contribution in [1.29, 1.82) is 0 Å². The molecule has 0 unspecified atom stereocenters. The molecule has 0 aliphatic heterocycles. The first kappa shape index (κ1) is 12.4. The zero-order chi connectivity index (χ0) is 13.4. The molecule has 1 heterocycles. The predicted molar refractivity (Wildman–Crippen MR) is 68.5 cm³/mol. The Kier molecular flexibility index (Phi) is 2.95. The van der Waals surface area contributed by atoms with Crippen molar-refractivity contribution in [3.63, 3.8) is 0 Å². The van der Waals surface area contributed by atoms with E-state index in [9.17, 15) is 9.59 Å². The topological polar surface area (TPSA) is 56.5 Å². The fraction of sp³-hybridized carbons (Fsp3) is 0.286. The highest BCUT2D eigenvalue weighted by atomic mass is 16.5. The maximum atomic E-state index is 12.2. The molecule has 1 aromatic heterocycles. The highest BCUT2D eigenvalue weighted by molar-refractivity contribution is 5.99. The fourth-order valence-electron chi connectivity index (χ4n) is 1.82. The van der Waals surface area contributed by atoms with E-state index >= 15 is 0 Å². The number of rotatable bonds is 2. The van der Waals surface area contributed by atoms with Crippen molar-refractivity contribution in [1.82, 2.24) is 0 Å². The molecule has 0 radical (unpaired) electrons. The molecule has 0 saturated heterocycles. The van der Waals surface area contributed by atoms with E-state index in [1.165, 1.54) is 14.0 Å². The number of hydrogen-bond acceptors (Lipinski definition) is 4. The van der Waals surface area contributed by atoms with Gasteiger partial charge in [-0.1, -0.05) is 0 Å². The van der Waals surface area contributed by atoms with Gasteiger partial charge in [0.15, 0.2) is 22.5 Å². The molecule has 0 aliphatic carbocycles. The van der Waals surface area contributed by atoms with Crippen molar-refractivity contribution in [3.8, 4) is 5.75 Å². The largest absolute Gasteiger partial charge is 0.493 e. The van der Waals surface area contributed by atoms with Gasteiger partial charge in [0.2, 0.25) is 0 Å². The van der Waals surface area contributed by atoms with Gasteiger partial charge in [0.25, 0.3) is 0 Å². The van der Waals surface area contributed by atoms with Crippen molar-refractivity contribution >= 4 is 16.8 Å². The second kappa shape index (κ2) is 4.29. The maximum Gasteiger partial charge on any atom is 0.196 e. The van der Waals surface area contributed by atoms with Gasteiger partial charge in [-0.25, -0.2) is 0 Å². The van der Waals surface area contributed by atoms with Crippen LogP contribution in [0.5, 0.6) is 5.75 Å². The van der Waals surface area contributed by atoms with Gasteiger partial charge in [0.05, 0.1) is 12.5 Å². The molecular formula is C14H14O4. The Morgan fingerprint density at radius 2 is 1.94 bits per heavy atom. The Balaban J connectivity index is 2.97. The van der Waals surface area contributed by atoms with Gasteiger partial charge >= 0.3 is 0 Å². The van der Waals surface area contributed by atoms with E-state index in [0.29, 0.717) is 33.6 Å². The number of ether oxygens (including phenoxy) is 1. The van der Waals surface area contributed by atoms with E-state index in [0.717, 1.165) is 0 Å². The molecule has 18 heavy (non-hydrogen) atoms. The third kappa shape index (κ3) is 1.79. The fourth-order valence-corrected chi connectivity index (χ4v) is 1.82. The van der Waals surface area contributed by atoms with Crippen LogP contribution >= 0.6 is 0 Å². The first-order valence-electron chi connectivity index (χ1n) is 5.58. The van der Waals surface area contributed by atoms with Crippen LogP contribution in [-0.2, 0) is 0 Å². The molecule has 4 nitrogen and oxygen atoms in total. The summed E-state index contributed by atoms with van der Waals surface area (Å²) >= 11 is 0. The molecule has 2 aromatic rings. The summed E-state index contributed by atoms with van der Waals surface area (Å²) in [5, 5.41) is 0.377. The van der Waals surface area contributed by atoms with Gasteiger partial charge in [-0.2, -0.15) is 0 Å². The van der Waals surface area contributed by atoms with E-state index in [-0.39, 0.29) is 11.2 Å². The van der Waals surface area contributed by atoms with E-state index in [1.54, 1.807) is 26.0 Å². The number of fused-ring (bicyclic) bond motifs is 1. The van der Waals surface area contributed by atoms with Crippen LogP contribution in [0.4, 0.5) is 0 Å². The van der Waals surface area contributed by atoms with Gasteiger partial charge < -0.3 is 9.15 Å². The predicted octanol–water partition coefficient (Wildman–Crippen LogP) is 2.62. The SMILES string of the molecule is COc1cc(C(C)=O)cc2c(=O)c(C)c(C)oc12. The lowest BCUT2D eigenvalue weighted by Crippen LogP contribution is -2.09. The van der Waals surface area contributed by atoms with Crippen molar-refractivity contribution in [2.45, 2.75) is 20.8 Å². The van der Waals surface area contributed by atoms with Crippen LogP contribution in [-0.4, -0.2) is 12.9 Å². The number of hydrogen-bond donors (Lipinski definition) is 0. The van der Waals surface area contributed by atoms with E-state index in [4.69, 9.17) is 9.15 Å². The molecule has 0 saturated carbocycles. The smallest absolute Gasteiger partial charge is 0.196 e. The minimum atomic E-state index is -0.129. The lowest BCUT2D eigenvalue weighted by molar-refractivity contribution is 0.101. The third-order valence-electron chi connectivity index (χ3n) is 3.05. The average molecular weight is 246 g/mol. The summed E-state index contributed by atoms with van der Waals surface area (Å²) in [7, 11) is 1.48. The molecule has 2 rings (SSSR count). The summed E-state index contributed by atoms with van der Waals surface area (Å²) in [5.41, 5.74) is 1.24. The quantitative estimate of drug-likeness (QED) is 0.764. The molecule has 4 heteroatoms. The molecule has 0 aliphatic rings. The second-order valence-corrected chi connectivity index (χ2v) is 4.22. The van der Waals surface area contributed by atoms with Crippen LogP contribution in [0.2, 0.25) is 0 Å². The van der Waals surface area contributed by atoms with Crippen molar-refractivity contribution in [2.24, 2.45) is 0 Å². The molecule has 0 fully saturated rings. The Hall–Kier alpha value is -2.10. The van der Waals surface area contributed by atoms with E-state index in [1.807, 2.05) is 0 Å². The first-order valence-corrected chi connectivity index (χ1v) is 5.58. The summed E-state index contributed by atoms with van der Waals surface area (Å²) in [6.45, 7) is 4.88. The zero-order valence-corrected chi connectivity index (χ0v) is 10.8. The standard InChI is InChI=1S/C14H14O4/c1-7-9(3)18-14-11(13(7)16)5-10(8(2)15)6-12(14)17-4/h5-6H,1-4H3. The monoisotopic (exact) mass is 246 g/mol. The normalized spacial score (nSPS) is 10.7. The first-order chi connectivity index (χ1) is 8.45. The molecule has 0 bridgehead atoms. The van der Waals surface area contributed by atoms with Crippen molar-refractivity contribution in [3.05, 3.63) is 39.2 Å². The van der Waals surface area contributed by atoms with Gasteiger partial charge in [0.1, 0.15) is 5.76 Å². The highest BCUT2D eigenvalue weighted by Crippen LogP contribution is 2.27. The Labute approximate surface area is 104 Å². The number of benzene rings is 1. The summed E-state index contributed by atoms with van der Waals surface area (Å²) in [6, 6.07) is 3.14. The number of methoxy groups -OCH3 is 1. The summed E-state index contributed by atoms with van der Waals surface area (Å²) in [4.78, 5) is 23.6. The summed E-state index contributed by atoms with van der Waals surface area (Å²) in [6.07, 6.45) is 0. The summed E-state index contributed by atoms with van der Waals surface area (Å²) < 4.78 is 10.8. The van der Waals surface area contributed by atoms with Crippen LogP contribution in [0.3, 0.4) is 0 Å². The van der Waals surface area contributed by atoms with Crippen LogP contribution in [0.25, 0.3) is 11.0 Å². The number of carbonyl (C=O) groups excluding carboxylic acids is 1. The number of aryl methyl sites for hydroxylation is 1. The number of carbonyl (C=O) groups is 1. The maximum absolute atomic E-state index is 12.2. The van der Waals surface area contributed by atoms with Gasteiger partial charge in [-0.05, 0) is 32.9 Å². The Morgan fingerprint density at radius 1 is 1.28 bits per heavy atom. The lowest BCUT2D eigenvalue weighted by Gasteiger charge is -2.08. The Bertz CT molecular complexity index is 695. The van der Waals surface area contributed by atoms with Crippen molar-refractivity contribution in [2.75, 3.05) is 7.11 Å². The van der Waals surface area contributed by atoms with Crippen molar-refractivity contribution < 1.29 is 13.9 Å². The van der Waals surface area contributed by atoms with Gasteiger partial charge in [-0.15, -0.1) is 0 Å². The van der Waals surface area contributed by atoms with E-state index in [2.05, 4.69) is 0 Å². The Morgan fingerprint density at radius 3 is 2.50 bits per heavy atom. The number of ketones is 1. The van der Waals surface area contributed by atoms with Gasteiger partial charge in [-0.3, -0.25) is 9.59 Å². The van der Waals surface area contributed by atoms with Crippen LogP contribution in [0.15, 0.2) is 21.3 Å².